The van der Waals surface area contributed by atoms with Gasteiger partial charge in [0.15, 0.2) is 0 Å². The molecule has 0 aromatic carbocycles. The van der Waals surface area contributed by atoms with Crippen molar-refractivity contribution in [3.8, 4) is 0 Å². The highest BCUT2D eigenvalue weighted by atomic mass is 79.9. The number of likely N-dealkylation sites (N-methyl/N-ethyl adjacent to an activating group) is 2. The van der Waals surface area contributed by atoms with Gasteiger partial charge in [0.1, 0.15) is 5.15 Å². The number of halogens is 2. The lowest BCUT2D eigenvalue weighted by Gasteiger charge is -2.37. The summed E-state index contributed by atoms with van der Waals surface area (Å²) in [4.78, 5) is 20.7. The molecule has 0 spiro atoms. The molecule has 20 heavy (non-hydrogen) atoms. The maximum absolute atomic E-state index is 12.2. The minimum Gasteiger partial charge on any atom is -0.350 e. The van der Waals surface area contributed by atoms with Gasteiger partial charge < -0.3 is 10.2 Å². The zero-order valence-electron chi connectivity index (χ0n) is 11.6. The van der Waals surface area contributed by atoms with Crippen molar-refractivity contribution in [2.75, 3.05) is 40.3 Å². The van der Waals surface area contributed by atoms with Crippen LogP contribution in [0.5, 0.6) is 0 Å². The van der Waals surface area contributed by atoms with Crippen molar-refractivity contribution in [2.45, 2.75) is 6.04 Å². The number of hydrogen-bond donors (Lipinski definition) is 1. The number of piperazine rings is 1. The molecule has 1 aromatic heterocycles. The van der Waals surface area contributed by atoms with Crippen LogP contribution in [0.3, 0.4) is 0 Å². The van der Waals surface area contributed by atoms with E-state index in [0.29, 0.717) is 18.2 Å². The molecule has 0 aliphatic carbocycles. The molecule has 110 valence electrons. The Balaban J connectivity index is 1.96. The highest BCUT2D eigenvalue weighted by molar-refractivity contribution is 9.10. The minimum atomic E-state index is -0.189. The van der Waals surface area contributed by atoms with E-state index in [1.54, 1.807) is 12.3 Å². The monoisotopic (exact) mass is 360 g/mol. The molecule has 2 heterocycles. The van der Waals surface area contributed by atoms with Crippen LogP contribution in [0.4, 0.5) is 0 Å². The van der Waals surface area contributed by atoms with E-state index in [1.807, 2.05) is 0 Å². The van der Waals surface area contributed by atoms with E-state index in [4.69, 9.17) is 11.6 Å². The van der Waals surface area contributed by atoms with Crippen molar-refractivity contribution < 1.29 is 4.79 Å². The number of hydrogen-bond acceptors (Lipinski definition) is 4. The van der Waals surface area contributed by atoms with Gasteiger partial charge in [-0.2, -0.15) is 0 Å². The SMILES string of the molecule is CN1CCN(C)C(CNC(=O)c2cc(Br)cnc2Cl)C1. The van der Waals surface area contributed by atoms with E-state index in [2.05, 4.69) is 50.1 Å². The number of nitrogens with one attached hydrogen (secondary N) is 1. The Morgan fingerprint density at radius 3 is 3.05 bits per heavy atom. The number of aromatic nitrogens is 1. The fourth-order valence-electron chi connectivity index (χ4n) is 2.21. The zero-order chi connectivity index (χ0) is 14.7. The van der Waals surface area contributed by atoms with Crippen LogP contribution in [-0.4, -0.2) is 67.0 Å². The number of amides is 1. The van der Waals surface area contributed by atoms with Gasteiger partial charge in [0.05, 0.1) is 5.56 Å². The molecular weight excluding hydrogens is 344 g/mol. The van der Waals surface area contributed by atoms with E-state index in [9.17, 15) is 4.79 Å². The molecule has 1 amide bonds. The molecule has 2 rings (SSSR count). The van der Waals surface area contributed by atoms with Gasteiger partial charge >= 0.3 is 0 Å². The summed E-state index contributed by atoms with van der Waals surface area (Å²) >= 11 is 9.25. The average Bonchev–Trinajstić information content (AvgIpc) is 2.42. The summed E-state index contributed by atoms with van der Waals surface area (Å²) in [5.74, 6) is -0.189. The third-order valence-electron chi connectivity index (χ3n) is 3.53. The van der Waals surface area contributed by atoms with Gasteiger partial charge in [-0.3, -0.25) is 9.69 Å². The topological polar surface area (TPSA) is 48.5 Å². The molecule has 1 aromatic rings. The smallest absolute Gasteiger partial charge is 0.254 e. The van der Waals surface area contributed by atoms with Crippen LogP contribution in [0.15, 0.2) is 16.7 Å². The molecule has 1 atom stereocenters. The van der Waals surface area contributed by atoms with E-state index >= 15 is 0 Å². The third kappa shape index (κ3) is 3.91. The Bertz CT molecular complexity index is 499. The molecule has 1 unspecified atom stereocenters. The van der Waals surface area contributed by atoms with Gasteiger partial charge in [-0.15, -0.1) is 0 Å². The summed E-state index contributed by atoms with van der Waals surface area (Å²) < 4.78 is 0.738. The first-order valence-electron chi connectivity index (χ1n) is 6.45. The molecule has 1 fully saturated rings. The lowest BCUT2D eigenvalue weighted by molar-refractivity contribution is 0.0881. The predicted octanol–water partition coefficient (Wildman–Crippen LogP) is 1.47. The summed E-state index contributed by atoms with van der Waals surface area (Å²) in [6.07, 6.45) is 1.57. The normalized spacial score (nSPS) is 20.9. The molecule has 0 radical (unpaired) electrons. The highest BCUT2D eigenvalue weighted by Gasteiger charge is 2.23. The Morgan fingerprint density at radius 2 is 2.30 bits per heavy atom. The molecule has 1 aliphatic rings. The molecule has 0 bridgehead atoms. The van der Waals surface area contributed by atoms with E-state index < -0.39 is 0 Å². The van der Waals surface area contributed by atoms with E-state index in [-0.39, 0.29) is 11.1 Å². The molecule has 1 N–H and O–H groups in total. The lowest BCUT2D eigenvalue weighted by atomic mass is 10.2. The lowest BCUT2D eigenvalue weighted by Crippen LogP contribution is -2.54. The summed E-state index contributed by atoms with van der Waals surface area (Å²) in [5, 5.41) is 3.16. The standard InChI is InChI=1S/C13H18BrClN4O/c1-18-3-4-19(2)10(8-18)7-17-13(20)11-5-9(14)6-16-12(11)15/h5-6,10H,3-4,7-8H2,1-2H3,(H,17,20). The highest BCUT2D eigenvalue weighted by Crippen LogP contribution is 2.18. The Labute approximate surface area is 132 Å². The Morgan fingerprint density at radius 1 is 1.55 bits per heavy atom. The van der Waals surface area contributed by atoms with Gasteiger partial charge in [0.25, 0.3) is 5.91 Å². The van der Waals surface area contributed by atoms with E-state index in [0.717, 1.165) is 24.1 Å². The minimum absolute atomic E-state index is 0.189. The first-order chi connectivity index (χ1) is 9.47. The first kappa shape index (κ1) is 15.7. The molecular formula is C13H18BrClN4O. The molecule has 0 saturated carbocycles. The van der Waals surface area contributed by atoms with Crippen LogP contribution < -0.4 is 5.32 Å². The van der Waals surface area contributed by atoms with Crippen molar-refractivity contribution in [1.82, 2.24) is 20.1 Å². The molecule has 5 nitrogen and oxygen atoms in total. The van der Waals surface area contributed by atoms with Crippen LogP contribution >= 0.6 is 27.5 Å². The van der Waals surface area contributed by atoms with Gasteiger partial charge in [-0.25, -0.2) is 4.98 Å². The van der Waals surface area contributed by atoms with Crippen molar-refractivity contribution in [3.63, 3.8) is 0 Å². The van der Waals surface area contributed by atoms with Gasteiger partial charge in [0, 0.05) is 42.9 Å². The van der Waals surface area contributed by atoms with Gasteiger partial charge in [0.2, 0.25) is 0 Å². The Kier molecular flexibility index (Phi) is 5.37. The quantitative estimate of drug-likeness (QED) is 0.829. The van der Waals surface area contributed by atoms with Crippen LogP contribution in [0.2, 0.25) is 5.15 Å². The summed E-state index contributed by atoms with van der Waals surface area (Å²) in [7, 11) is 4.17. The first-order valence-corrected chi connectivity index (χ1v) is 7.62. The van der Waals surface area contributed by atoms with Crippen LogP contribution in [0.1, 0.15) is 10.4 Å². The summed E-state index contributed by atoms with van der Waals surface area (Å²) in [6, 6.07) is 2.00. The van der Waals surface area contributed by atoms with Gasteiger partial charge in [-0.1, -0.05) is 11.6 Å². The van der Waals surface area contributed by atoms with Gasteiger partial charge in [-0.05, 0) is 36.1 Å². The van der Waals surface area contributed by atoms with Crippen LogP contribution in [-0.2, 0) is 0 Å². The molecule has 1 saturated heterocycles. The Hall–Kier alpha value is -0.690. The average molecular weight is 362 g/mol. The summed E-state index contributed by atoms with van der Waals surface area (Å²) in [6.45, 7) is 3.61. The fraction of sp³-hybridized carbons (Fsp3) is 0.538. The maximum atomic E-state index is 12.2. The van der Waals surface area contributed by atoms with Crippen molar-refractivity contribution in [2.24, 2.45) is 0 Å². The second-order valence-corrected chi connectivity index (χ2v) is 6.37. The number of rotatable bonds is 3. The fourth-order valence-corrected chi connectivity index (χ4v) is 2.73. The van der Waals surface area contributed by atoms with Crippen LogP contribution in [0.25, 0.3) is 0 Å². The summed E-state index contributed by atoms with van der Waals surface area (Å²) in [5.41, 5.74) is 0.396. The second-order valence-electron chi connectivity index (χ2n) is 5.10. The van der Waals surface area contributed by atoms with E-state index in [1.165, 1.54) is 0 Å². The van der Waals surface area contributed by atoms with Crippen molar-refractivity contribution >= 4 is 33.4 Å². The largest absolute Gasteiger partial charge is 0.350 e. The van der Waals surface area contributed by atoms with Crippen molar-refractivity contribution in [1.29, 1.82) is 0 Å². The second kappa shape index (κ2) is 6.85. The molecule has 7 heteroatoms. The van der Waals surface area contributed by atoms with Crippen LogP contribution in [0, 0.1) is 0 Å². The third-order valence-corrected chi connectivity index (χ3v) is 4.26. The predicted molar refractivity (Wildman–Crippen MR) is 83.2 cm³/mol. The number of nitrogens with zero attached hydrogens (tertiary/aromatic N) is 3. The number of carbonyl (C=O) groups excluding carboxylic acids is 1. The zero-order valence-corrected chi connectivity index (χ0v) is 13.9. The number of pyridine rings is 1. The number of carbonyl (C=O) groups is 1. The maximum Gasteiger partial charge on any atom is 0.254 e. The molecule has 1 aliphatic heterocycles. The van der Waals surface area contributed by atoms with Crippen molar-refractivity contribution in [3.05, 3.63) is 27.5 Å².